The lowest BCUT2D eigenvalue weighted by Gasteiger charge is -2.34. The van der Waals surface area contributed by atoms with Crippen molar-refractivity contribution in [3.63, 3.8) is 0 Å². The highest BCUT2D eigenvalue weighted by Crippen LogP contribution is 2.48. The predicted molar refractivity (Wildman–Crippen MR) is 48.7 cm³/mol. The molecule has 0 amide bonds. The summed E-state index contributed by atoms with van der Waals surface area (Å²) in [6, 6.07) is 0. The minimum absolute atomic E-state index is 0.617. The monoisotopic (exact) mass is 161 g/mol. The van der Waals surface area contributed by atoms with Gasteiger partial charge in [0.25, 0.3) is 0 Å². The summed E-state index contributed by atoms with van der Waals surface area (Å²) in [5, 5.41) is 1.88. The van der Waals surface area contributed by atoms with Crippen molar-refractivity contribution in [2.45, 2.75) is 12.2 Å². The molecule has 0 aromatic heterocycles. The van der Waals surface area contributed by atoms with E-state index in [1.807, 2.05) is 11.8 Å². The second-order valence-corrected chi connectivity index (χ2v) is 4.13. The van der Waals surface area contributed by atoms with Gasteiger partial charge in [0.05, 0.1) is 10.9 Å². The lowest BCUT2D eigenvalue weighted by Crippen LogP contribution is -2.31. The van der Waals surface area contributed by atoms with Crippen LogP contribution in [-0.2, 0) is 0 Å². The number of thioether (sulfide) groups is 1. The molecular weight excluding hydrogens is 154 g/mol. The van der Waals surface area contributed by atoms with Crippen molar-refractivity contribution in [3.05, 3.63) is 35.1 Å². The van der Waals surface area contributed by atoms with E-state index in [2.05, 4.69) is 30.1 Å². The molecule has 0 radical (unpaired) electrons. The fraction of sp³-hybridized carbons (Fsp3) is 0.222. The fourth-order valence-electron chi connectivity index (χ4n) is 1.51. The lowest BCUT2D eigenvalue weighted by atomic mass is 10.1. The van der Waals surface area contributed by atoms with Gasteiger partial charge in [-0.25, -0.2) is 4.99 Å². The molecule has 1 aliphatic carbocycles. The van der Waals surface area contributed by atoms with Crippen LogP contribution in [0.15, 0.2) is 40.1 Å². The Morgan fingerprint density at radius 3 is 3.27 bits per heavy atom. The van der Waals surface area contributed by atoms with E-state index >= 15 is 0 Å². The number of rotatable bonds is 0. The molecule has 0 aromatic rings. The zero-order valence-corrected chi connectivity index (χ0v) is 6.98. The van der Waals surface area contributed by atoms with Gasteiger partial charge in [-0.1, -0.05) is 23.9 Å². The average molecular weight is 161 g/mol. The Balaban J connectivity index is 2.13. The van der Waals surface area contributed by atoms with Crippen LogP contribution in [0.25, 0.3) is 0 Å². The molecule has 54 valence electrons. The van der Waals surface area contributed by atoms with Crippen molar-refractivity contribution in [3.8, 4) is 0 Å². The third kappa shape index (κ3) is 0.607. The van der Waals surface area contributed by atoms with E-state index in [-0.39, 0.29) is 0 Å². The molecule has 1 fully saturated rings. The van der Waals surface area contributed by atoms with Crippen LogP contribution in [0.5, 0.6) is 0 Å². The summed E-state index contributed by atoms with van der Waals surface area (Å²) in [6.07, 6.45) is 6.61. The number of hydrogen-bond donors (Lipinski definition) is 0. The largest absolute Gasteiger partial charge is 0.241 e. The summed E-state index contributed by atoms with van der Waals surface area (Å²) in [5.41, 5.74) is 4.00. The minimum Gasteiger partial charge on any atom is -0.241 e. The van der Waals surface area contributed by atoms with Gasteiger partial charge < -0.3 is 0 Å². The summed E-state index contributed by atoms with van der Waals surface area (Å²) in [5.74, 6) is 0. The fourth-order valence-corrected chi connectivity index (χ4v) is 2.58. The van der Waals surface area contributed by atoms with Crippen molar-refractivity contribution in [2.24, 2.45) is 4.99 Å². The van der Waals surface area contributed by atoms with Gasteiger partial charge in [-0.05, 0) is 18.6 Å². The average Bonchev–Trinajstić information content (AvgIpc) is 2.05. The number of aliphatic imine (C=N–C) groups is 1. The summed E-state index contributed by atoms with van der Waals surface area (Å²) < 4.78 is 0. The highest BCUT2D eigenvalue weighted by molar-refractivity contribution is 8.18. The molecule has 2 aliphatic heterocycles. The van der Waals surface area contributed by atoms with Gasteiger partial charge in [-0.3, -0.25) is 0 Å². The summed E-state index contributed by atoms with van der Waals surface area (Å²) in [4.78, 5) is 4.36. The first-order valence-corrected chi connectivity index (χ1v) is 4.59. The van der Waals surface area contributed by atoms with Gasteiger partial charge in [0.2, 0.25) is 0 Å². The van der Waals surface area contributed by atoms with Crippen LogP contribution in [0.2, 0.25) is 0 Å². The second kappa shape index (κ2) is 1.69. The first kappa shape index (κ1) is 5.84. The number of nitrogens with zero attached hydrogens (tertiary/aromatic N) is 1. The summed E-state index contributed by atoms with van der Waals surface area (Å²) in [7, 11) is 0. The molecule has 1 unspecified atom stereocenters. The molecule has 0 saturated carbocycles. The molecule has 11 heavy (non-hydrogen) atoms. The van der Waals surface area contributed by atoms with E-state index in [9.17, 15) is 0 Å². The molecule has 0 bridgehead atoms. The SMILES string of the molecule is CC1=CC2=C3C(=N2)SC3C=C1. The topological polar surface area (TPSA) is 12.4 Å². The molecule has 1 saturated heterocycles. The maximum Gasteiger partial charge on any atom is 0.104 e. The van der Waals surface area contributed by atoms with E-state index in [0.717, 1.165) is 0 Å². The first-order valence-electron chi connectivity index (χ1n) is 3.71. The smallest absolute Gasteiger partial charge is 0.104 e. The van der Waals surface area contributed by atoms with Gasteiger partial charge in [0.15, 0.2) is 0 Å². The summed E-state index contributed by atoms with van der Waals surface area (Å²) in [6.45, 7) is 2.12. The Morgan fingerprint density at radius 1 is 1.55 bits per heavy atom. The molecular formula is C9H7NS. The number of allylic oxidation sites excluding steroid dienone is 3. The van der Waals surface area contributed by atoms with Gasteiger partial charge in [0, 0.05) is 5.57 Å². The van der Waals surface area contributed by atoms with Gasteiger partial charge in [-0.15, -0.1) is 0 Å². The molecule has 2 heteroatoms. The summed E-state index contributed by atoms with van der Waals surface area (Å²) >= 11 is 1.87. The van der Waals surface area contributed by atoms with Gasteiger partial charge >= 0.3 is 0 Å². The Hall–Kier alpha value is -0.760. The van der Waals surface area contributed by atoms with Crippen LogP contribution < -0.4 is 0 Å². The van der Waals surface area contributed by atoms with Crippen LogP contribution in [-0.4, -0.2) is 10.3 Å². The van der Waals surface area contributed by atoms with E-state index in [4.69, 9.17) is 0 Å². The maximum absolute atomic E-state index is 4.36. The molecule has 1 atom stereocenters. The van der Waals surface area contributed by atoms with E-state index in [0.29, 0.717) is 5.25 Å². The van der Waals surface area contributed by atoms with E-state index in [1.54, 1.807) is 0 Å². The van der Waals surface area contributed by atoms with Crippen molar-refractivity contribution < 1.29 is 0 Å². The maximum atomic E-state index is 4.36. The highest BCUT2D eigenvalue weighted by Gasteiger charge is 2.39. The molecule has 0 aromatic carbocycles. The van der Waals surface area contributed by atoms with E-state index in [1.165, 1.54) is 21.9 Å². The van der Waals surface area contributed by atoms with Crippen molar-refractivity contribution in [1.82, 2.24) is 0 Å². The molecule has 3 rings (SSSR count). The molecule has 0 spiro atoms. The Labute approximate surface area is 69.6 Å². The van der Waals surface area contributed by atoms with Crippen LogP contribution in [0.1, 0.15) is 6.92 Å². The van der Waals surface area contributed by atoms with Gasteiger partial charge in [0.1, 0.15) is 5.04 Å². The standard InChI is InChI=1S/C9H7NS/c1-5-2-3-7-8-6(4-5)10-9(8)11-7/h2-4,7H,1H3. The Bertz CT molecular complexity index is 358. The third-order valence-corrected chi connectivity index (χ3v) is 3.33. The zero-order valence-electron chi connectivity index (χ0n) is 6.16. The number of hydrogen-bond acceptors (Lipinski definition) is 2. The Morgan fingerprint density at radius 2 is 2.45 bits per heavy atom. The minimum atomic E-state index is 0.617. The second-order valence-electron chi connectivity index (χ2n) is 3.00. The lowest BCUT2D eigenvalue weighted by molar-refractivity contribution is 1.18. The Kier molecular flexibility index (Phi) is 0.899. The zero-order chi connectivity index (χ0) is 7.42. The highest BCUT2D eigenvalue weighted by atomic mass is 32.2. The van der Waals surface area contributed by atoms with Crippen LogP contribution in [0.3, 0.4) is 0 Å². The van der Waals surface area contributed by atoms with Crippen LogP contribution in [0.4, 0.5) is 0 Å². The van der Waals surface area contributed by atoms with Crippen LogP contribution >= 0.6 is 11.8 Å². The first-order chi connectivity index (χ1) is 5.34. The molecule has 2 heterocycles. The third-order valence-electron chi connectivity index (χ3n) is 2.15. The van der Waals surface area contributed by atoms with E-state index < -0.39 is 0 Å². The van der Waals surface area contributed by atoms with Crippen molar-refractivity contribution in [1.29, 1.82) is 0 Å². The molecule has 0 N–H and O–H groups in total. The normalized spacial score (nSPS) is 31.2. The van der Waals surface area contributed by atoms with Crippen LogP contribution in [0, 0.1) is 0 Å². The molecule has 1 nitrogen and oxygen atoms in total. The van der Waals surface area contributed by atoms with Gasteiger partial charge in [-0.2, -0.15) is 0 Å². The predicted octanol–water partition coefficient (Wildman–Crippen LogP) is 2.28. The molecule has 3 aliphatic rings. The van der Waals surface area contributed by atoms with Crippen molar-refractivity contribution >= 4 is 16.8 Å². The quantitative estimate of drug-likeness (QED) is 0.531. The van der Waals surface area contributed by atoms with Crippen molar-refractivity contribution in [2.75, 3.05) is 0 Å².